The Labute approximate surface area is 120 Å². The Hall–Kier alpha value is -1.08. The second-order valence-electron chi connectivity index (χ2n) is 6.61. The van der Waals surface area contributed by atoms with E-state index in [0.29, 0.717) is 19.4 Å². The molecule has 1 saturated carbocycles. The molecule has 3 N–H and O–H groups in total. The van der Waals surface area contributed by atoms with Gasteiger partial charge >= 0.3 is 12.1 Å². The molecular weight excluding hydrogens is 278 g/mol. The number of nitrogens with one attached hydrogen (secondary N) is 1. The quantitative estimate of drug-likeness (QED) is 0.671. The van der Waals surface area contributed by atoms with E-state index in [0.717, 1.165) is 6.04 Å². The summed E-state index contributed by atoms with van der Waals surface area (Å²) in [5.74, 6) is -1.41. The highest BCUT2D eigenvalue weighted by Gasteiger charge is 2.33. The predicted molar refractivity (Wildman–Crippen MR) is 77.4 cm³/mol. The van der Waals surface area contributed by atoms with Gasteiger partial charge in [0.1, 0.15) is 0 Å². The Kier molecular flexibility index (Phi) is 6.00. The van der Waals surface area contributed by atoms with Crippen molar-refractivity contribution in [1.82, 2.24) is 5.32 Å². The summed E-state index contributed by atoms with van der Waals surface area (Å²) in [6, 6.07) is 0.485. The van der Waals surface area contributed by atoms with Gasteiger partial charge < -0.3 is 20.3 Å². The minimum absolute atomic E-state index is 0.176. The van der Waals surface area contributed by atoms with Crippen LogP contribution in [0, 0.1) is 5.92 Å². The molecule has 1 fully saturated rings. The average Bonchev–Trinajstić information content (AvgIpc) is 2.29. The zero-order valence-electron chi connectivity index (χ0n) is 12.4. The van der Waals surface area contributed by atoms with Crippen LogP contribution in [0.5, 0.6) is 0 Å². The molecule has 0 spiro atoms. The number of rotatable bonds is 5. The highest BCUT2D eigenvalue weighted by Crippen LogP contribution is 2.25. The molecule has 0 heterocycles. The number of hydrogen-bond donors (Lipinski definition) is 3. The number of carbonyl (C=O) groups excluding carboxylic acids is 1. The number of aliphatic carboxylic acids is 1. The van der Waals surface area contributed by atoms with Gasteiger partial charge in [0.15, 0.2) is 0 Å². The largest absolute Gasteiger partial charge is 0.481 e. The fraction of sp³-hybridized carbons (Fsp3) is 0.846. The van der Waals surface area contributed by atoms with E-state index < -0.39 is 38.2 Å². The number of carboxylic acids is 1. The molecule has 0 aliphatic heterocycles. The summed E-state index contributed by atoms with van der Waals surface area (Å²) < 4.78 is 5.10. The molecule has 1 aliphatic rings. The molecule has 1 aliphatic carbocycles. The molecule has 0 radical (unpaired) electrons. The van der Waals surface area contributed by atoms with Gasteiger partial charge in [-0.2, -0.15) is 0 Å². The van der Waals surface area contributed by atoms with Crippen LogP contribution >= 0.6 is 0 Å². The smallest absolute Gasteiger partial charge is 0.407 e. The molecule has 1 amide bonds. The van der Waals surface area contributed by atoms with Crippen LogP contribution in [0.1, 0.15) is 19.3 Å². The number of carboxylic acid groups (broad SMARTS) is 1. The maximum atomic E-state index is 11.6. The summed E-state index contributed by atoms with van der Waals surface area (Å²) in [6.07, 6.45) is -0.252. The summed E-state index contributed by atoms with van der Waals surface area (Å²) in [4.78, 5) is 22.5. The van der Waals surface area contributed by atoms with Crippen LogP contribution in [0.2, 0.25) is 25.7 Å². The Morgan fingerprint density at radius 2 is 1.95 bits per heavy atom. The first kappa shape index (κ1) is 17.0. The summed E-state index contributed by atoms with van der Waals surface area (Å²) in [7, 11) is -1.23. The molecule has 1 rings (SSSR count). The molecule has 0 saturated heterocycles. The number of ether oxygens (including phenoxy) is 1. The molecule has 0 bridgehead atoms. The van der Waals surface area contributed by atoms with E-state index >= 15 is 0 Å². The van der Waals surface area contributed by atoms with Crippen molar-refractivity contribution in [2.24, 2.45) is 5.92 Å². The Morgan fingerprint density at radius 3 is 2.45 bits per heavy atom. The summed E-state index contributed by atoms with van der Waals surface area (Å²) in [5.41, 5.74) is 0. The van der Waals surface area contributed by atoms with Gasteiger partial charge in [0, 0.05) is 8.07 Å². The van der Waals surface area contributed by atoms with Crippen molar-refractivity contribution in [3.63, 3.8) is 0 Å². The van der Waals surface area contributed by atoms with Crippen molar-refractivity contribution in [3.05, 3.63) is 0 Å². The van der Waals surface area contributed by atoms with Gasteiger partial charge in [-0.3, -0.25) is 4.79 Å². The number of alkyl carbamates (subject to hydrolysis) is 1. The van der Waals surface area contributed by atoms with Crippen LogP contribution in [0.3, 0.4) is 0 Å². The molecule has 6 nitrogen and oxygen atoms in total. The van der Waals surface area contributed by atoms with E-state index in [1.165, 1.54) is 0 Å². The van der Waals surface area contributed by atoms with Crippen LogP contribution in [0.25, 0.3) is 0 Å². The highest BCUT2D eigenvalue weighted by atomic mass is 28.3. The van der Waals surface area contributed by atoms with Gasteiger partial charge in [-0.05, 0) is 25.3 Å². The lowest BCUT2D eigenvalue weighted by atomic mass is 9.84. The summed E-state index contributed by atoms with van der Waals surface area (Å²) in [6.45, 7) is 6.99. The third-order valence-corrected chi connectivity index (χ3v) is 5.26. The standard InChI is InChI=1S/C13H25NO5Si/c1-20(2,3)7-6-19-13(18)14-10-5-4-9(12(16)17)8-11(10)15/h9-11,15H,4-8H2,1-3H3,(H,14,18)(H,16,17)/t9?,10-,11-/m0/s1. The van der Waals surface area contributed by atoms with Crippen molar-refractivity contribution < 1.29 is 24.5 Å². The minimum atomic E-state index is -1.23. The second-order valence-corrected chi connectivity index (χ2v) is 12.2. The molecule has 20 heavy (non-hydrogen) atoms. The normalized spacial score (nSPS) is 26.9. The van der Waals surface area contributed by atoms with Crippen LogP contribution in [0.15, 0.2) is 0 Å². The third-order valence-electron chi connectivity index (χ3n) is 3.55. The predicted octanol–water partition coefficient (Wildman–Crippen LogP) is 1.66. The van der Waals surface area contributed by atoms with Crippen LogP contribution in [-0.4, -0.2) is 49.1 Å². The number of aliphatic hydroxyl groups is 1. The molecule has 7 heteroatoms. The van der Waals surface area contributed by atoms with Crippen molar-refractivity contribution in [2.45, 2.75) is 57.1 Å². The van der Waals surface area contributed by atoms with Crippen LogP contribution in [-0.2, 0) is 9.53 Å². The Balaban J connectivity index is 2.31. The number of carbonyl (C=O) groups is 2. The van der Waals surface area contributed by atoms with Gasteiger partial charge in [0.2, 0.25) is 0 Å². The molecule has 0 aromatic carbocycles. The number of hydrogen-bond acceptors (Lipinski definition) is 4. The van der Waals surface area contributed by atoms with E-state index in [2.05, 4.69) is 25.0 Å². The van der Waals surface area contributed by atoms with Gasteiger partial charge in [0.25, 0.3) is 0 Å². The first-order chi connectivity index (χ1) is 9.19. The van der Waals surface area contributed by atoms with Crippen LogP contribution in [0.4, 0.5) is 4.79 Å². The molecular formula is C13H25NO5Si. The molecule has 116 valence electrons. The Bertz CT molecular complexity index is 355. The van der Waals surface area contributed by atoms with Crippen LogP contribution < -0.4 is 5.32 Å². The summed E-state index contributed by atoms with van der Waals surface area (Å²) >= 11 is 0. The maximum absolute atomic E-state index is 11.6. The fourth-order valence-corrected chi connectivity index (χ4v) is 2.90. The average molecular weight is 303 g/mol. The number of aliphatic hydroxyl groups excluding tert-OH is 1. The van der Waals surface area contributed by atoms with Crippen molar-refractivity contribution in [3.8, 4) is 0 Å². The van der Waals surface area contributed by atoms with Gasteiger partial charge in [-0.25, -0.2) is 4.79 Å². The summed E-state index contributed by atoms with van der Waals surface area (Å²) in [5, 5.41) is 21.4. The molecule has 3 atom stereocenters. The molecule has 0 aromatic rings. The van der Waals surface area contributed by atoms with Gasteiger partial charge in [-0.1, -0.05) is 19.6 Å². The SMILES string of the molecule is C[Si](C)(C)CCOC(=O)N[C@H]1CCC(C(=O)O)C[C@@H]1O. The van der Waals surface area contributed by atoms with Crippen molar-refractivity contribution in [1.29, 1.82) is 0 Å². The van der Waals surface area contributed by atoms with Gasteiger partial charge in [-0.15, -0.1) is 0 Å². The topological polar surface area (TPSA) is 95.9 Å². The first-order valence-electron chi connectivity index (χ1n) is 7.03. The molecule has 1 unspecified atom stereocenters. The maximum Gasteiger partial charge on any atom is 0.407 e. The minimum Gasteiger partial charge on any atom is -0.481 e. The third kappa shape index (κ3) is 5.92. The lowest BCUT2D eigenvalue weighted by molar-refractivity contribution is -0.144. The second kappa shape index (κ2) is 7.08. The van der Waals surface area contributed by atoms with Crippen molar-refractivity contribution >= 4 is 20.1 Å². The fourth-order valence-electron chi connectivity index (χ4n) is 2.18. The monoisotopic (exact) mass is 303 g/mol. The van der Waals surface area contributed by atoms with E-state index in [1.807, 2.05) is 0 Å². The van der Waals surface area contributed by atoms with E-state index in [-0.39, 0.29) is 6.42 Å². The highest BCUT2D eigenvalue weighted by molar-refractivity contribution is 6.76. The van der Waals surface area contributed by atoms with E-state index in [1.54, 1.807) is 0 Å². The van der Waals surface area contributed by atoms with Crippen molar-refractivity contribution in [2.75, 3.05) is 6.61 Å². The Morgan fingerprint density at radius 1 is 1.30 bits per heavy atom. The first-order valence-corrected chi connectivity index (χ1v) is 10.7. The lowest BCUT2D eigenvalue weighted by Crippen LogP contribution is -2.48. The number of amides is 1. The molecule has 0 aromatic heterocycles. The van der Waals surface area contributed by atoms with E-state index in [4.69, 9.17) is 9.84 Å². The van der Waals surface area contributed by atoms with Gasteiger partial charge in [0.05, 0.1) is 24.7 Å². The van der Waals surface area contributed by atoms with E-state index in [9.17, 15) is 14.7 Å². The zero-order valence-corrected chi connectivity index (χ0v) is 13.4. The zero-order chi connectivity index (χ0) is 15.3. The lowest BCUT2D eigenvalue weighted by Gasteiger charge is -2.31.